The molecule has 1 aromatic carbocycles. The maximum Gasteiger partial charge on any atom is 0.474 e. The number of aromatic amines is 1. The van der Waals surface area contributed by atoms with Crippen molar-refractivity contribution in [3.8, 4) is 0 Å². The first kappa shape index (κ1) is 23.4. The molecule has 3 unspecified atom stereocenters. The molecule has 14 heteroatoms. The van der Waals surface area contributed by atoms with E-state index in [2.05, 4.69) is 0 Å². The number of H-pyrrole nitrogens is 1. The molecule has 7 N–H and O–H groups in total. The van der Waals surface area contributed by atoms with E-state index < -0.39 is 50.1 Å². The van der Waals surface area contributed by atoms with Crippen LogP contribution in [0.3, 0.4) is 0 Å². The molecule has 0 spiro atoms. The molecule has 1 fully saturated rings. The number of aliphatic hydroxyl groups is 2. The molecule has 0 bridgehead atoms. The van der Waals surface area contributed by atoms with E-state index in [0.29, 0.717) is 18.5 Å². The standard InChI is InChI=1S/C19H24N5O8P/c20-7-5-11-9-24(13-4-2-1-3-12(11)13)32-33(21,29)30-10-14-16(26)17(27)18(31-14)23-8-6-15(25)22-19(23)28/h1-4,6,8-9,14,16-18,26-27H,5,7,10,20H2,(H2,21,29)(H,22,25,28)/t14-,16?,17?,18-,33?/m0/s1. The van der Waals surface area contributed by atoms with E-state index in [9.17, 15) is 24.4 Å². The predicted molar refractivity (Wildman–Crippen MR) is 116 cm³/mol. The Labute approximate surface area is 186 Å². The van der Waals surface area contributed by atoms with Gasteiger partial charge in [0.2, 0.25) is 0 Å². The third kappa shape index (κ3) is 4.80. The highest BCUT2D eigenvalue weighted by Gasteiger charge is 2.45. The first-order chi connectivity index (χ1) is 15.7. The van der Waals surface area contributed by atoms with Gasteiger partial charge in [-0.1, -0.05) is 18.2 Å². The normalized spacial score (nSPS) is 24.7. The molecule has 5 atom stereocenters. The summed E-state index contributed by atoms with van der Waals surface area (Å²) in [6, 6.07) is 8.31. The molecule has 4 rings (SSSR count). The van der Waals surface area contributed by atoms with Crippen LogP contribution in [-0.4, -0.2) is 56.0 Å². The molecule has 2 aromatic heterocycles. The Hall–Kier alpha value is -2.77. The van der Waals surface area contributed by atoms with Crippen molar-refractivity contribution in [2.45, 2.75) is 31.0 Å². The van der Waals surface area contributed by atoms with E-state index >= 15 is 0 Å². The molecule has 0 saturated carbocycles. The van der Waals surface area contributed by atoms with Gasteiger partial charge in [-0.05, 0) is 24.6 Å². The third-order valence-corrected chi connectivity index (χ3v) is 6.17. The molecule has 13 nitrogen and oxygen atoms in total. The molecule has 0 radical (unpaired) electrons. The van der Waals surface area contributed by atoms with Crippen molar-refractivity contribution in [3.63, 3.8) is 0 Å². The van der Waals surface area contributed by atoms with Crippen molar-refractivity contribution in [3.05, 3.63) is 69.1 Å². The first-order valence-electron chi connectivity index (χ1n) is 10.1. The number of nitrogens with one attached hydrogen (secondary N) is 1. The highest BCUT2D eigenvalue weighted by Crippen LogP contribution is 2.39. The van der Waals surface area contributed by atoms with Crippen LogP contribution in [0, 0.1) is 0 Å². The van der Waals surface area contributed by atoms with Crippen LogP contribution in [0.25, 0.3) is 10.9 Å². The molecule has 33 heavy (non-hydrogen) atoms. The third-order valence-electron chi connectivity index (χ3n) is 5.26. The summed E-state index contributed by atoms with van der Waals surface area (Å²) in [6.45, 7) is -0.0982. The summed E-state index contributed by atoms with van der Waals surface area (Å²) in [6.07, 6.45) is -2.19. The molecular formula is C19H24N5O8P. The number of rotatable bonds is 8. The number of fused-ring (bicyclic) bond motifs is 1. The van der Waals surface area contributed by atoms with Gasteiger partial charge in [-0.2, -0.15) is 4.73 Å². The zero-order valence-electron chi connectivity index (χ0n) is 17.3. The van der Waals surface area contributed by atoms with Crippen molar-refractivity contribution in [1.82, 2.24) is 14.3 Å². The zero-order valence-corrected chi connectivity index (χ0v) is 18.2. The topological polar surface area (TPSA) is 197 Å². The molecule has 1 aliphatic heterocycles. The molecule has 3 aromatic rings. The van der Waals surface area contributed by atoms with Gasteiger partial charge < -0.3 is 25.3 Å². The highest BCUT2D eigenvalue weighted by atomic mass is 31.2. The Kier molecular flexibility index (Phi) is 6.54. The zero-order chi connectivity index (χ0) is 23.8. The quantitative estimate of drug-likeness (QED) is 0.244. The van der Waals surface area contributed by atoms with Gasteiger partial charge in [0.1, 0.15) is 18.3 Å². The van der Waals surface area contributed by atoms with Crippen LogP contribution in [0.1, 0.15) is 11.8 Å². The molecular weight excluding hydrogens is 457 g/mol. The van der Waals surface area contributed by atoms with E-state index in [0.717, 1.165) is 27.8 Å². The van der Waals surface area contributed by atoms with Gasteiger partial charge in [0, 0.05) is 23.8 Å². The number of aliphatic hydroxyl groups excluding tert-OH is 2. The van der Waals surface area contributed by atoms with E-state index in [1.54, 1.807) is 18.3 Å². The highest BCUT2D eigenvalue weighted by molar-refractivity contribution is 7.51. The summed E-state index contributed by atoms with van der Waals surface area (Å²) >= 11 is 0. The average Bonchev–Trinajstić information content (AvgIpc) is 3.24. The number of nitrogens with two attached hydrogens (primary N) is 2. The van der Waals surface area contributed by atoms with Gasteiger partial charge in [0.15, 0.2) is 6.23 Å². The summed E-state index contributed by atoms with van der Waals surface area (Å²) < 4.78 is 31.1. The Bertz CT molecular complexity index is 1300. The average molecular weight is 481 g/mol. The largest absolute Gasteiger partial charge is 0.474 e. The number of ether oxygens (including phenoxy) is 1. The lowest BCUT2D eigenvalue weighted by molar-refractivity contribution is -0.0531. The monoisotopic (exact) mass is 481 g/mol. The number of aromatic nitrogens is 3. The van der Waals surface area contributed by atoms with Crippen molar-refractivity contribution in [1.29, 1.82) is 0 Å². The number of para-hydroxylation sites is 1. The van der Waals surface area contributed by atoms with Gasteiger partial charge in [-0.25, -0.2) is 14.9 Å². The first-order valence-corrected chi connectivity index (χ1v) is 11.7. The van der Waals surface area contributed by atoms with Crippen LogP contribution in [0.5, 0.6) is 0 Å². The minimum absolute atomic E-state index is 0.406. The summed E-state index contributed by atoms with van der Waals surface area (Å²) in [7, 11) is -4.19. The van der Waals surface area contributed by atoms with Crippen LogP contribution in [-0.2, 0) is 20.2 Å². The predicted octanol–water partition coefficient (Wildman–Crippen LogP) is -1.18. The fourth-order valence-electron chi connectivity index (χ4n) is 3.69. The lowest BCUT2D eigenvalue weighted by Gasteiger charge is -2.19. The van der Waals surface area contributed by atoms with Crippen molar-refractivity contribution in [2.24, 2.45) is 11.2 Å². The minimum Gasteiger partial charge on any atom is -0.387 e. The van der Waals surface area contributed by atoms with Crippen LogP contribution >= 0.6 is 7.75 Å². The van der Waals surface area contributed by atoms with Crippen molar-refractivity contribution >= 4 is 18.6 Å². The van der Waals surface area contributed by atoms with Gasteiger partial charge in [0.05, 0.1) is 12.1 Å². The van der Waals surface area contributed by atoms with Crippen LogP contribution < -0.4 is 27.1 Å². The minimum atomic E-state index is -4.19. The van der Waals surface area contributed by atoms with Gasteiger partial charge >= 0.3 is 13.4 Å². The van der Waals surface area contributed by atoms with Gasteiger partial charge in [0.25, 0.3) is 5.56 Å². The smallest absolute Gasteiger partial charge is 0.387 e. The van der Waals surface area contributed by atoms with Gasteiger partial charge in [-0.15, -0.1) is 0 Å². The molecule has 178 valence electrons. The summed E-state index contributed by atoms with van der Waals surface area (Å²) in [5.74, 6) is 0. The number of hydrogen-bond donors (Lipinski definition) is 5. The van der Waals surface area contributed by atoms with Crippen molar-refractivity contribution in [2.75, 3.05) is 13.2 Å². The molecule has 1 saturated heterocycles. The maximum absolute atomic E-state index is 12.8. The van der Waals surface area contributed by atoms with E-state index in [1.165, 1.54) is 4.73 Å². The Morgan fingerprint density at radius 3 is 2.67 bits per heavy atom. The van der Waals surface area contributed by atoms with Crippen LogP contribution in [0.15, 0.2) is 52.3 Å². The van der Waals surface area contributed by atoms with E-state index in [4.69, 9.17) is 25.1 Å². The summed E-state index contributed by atoms with van der Waals surface area (Å²) in [5, 5.41) is 21.4. The molecule has 0 amide bonds. The Morgan fingerprint density at radius 1 is 1.18 bits per heavy atom. The molecule has 0 aliphatic carbocycles. The maximum atomic E-state index is 12.8. The van der Waals surface area contributed by atoms with Crippen LogP contribution in [0.2, 0.25) is 0 Å². The number of nitrogens with zero attached hydrogens (tertiary/aromatic N) is 2. The summed E-state index contributed by atoms with van der Waals surface area (Å²) in [5.41, 5.74) is 11.4. The molecule has 1 aliphatic rings. The van der Waals surface area contributed by atoms with Crippen molar-refractivity contribution < 1.29 is 28.7 Å². The van der Waals surface area contributed by atoms with E-state index in [1.807, 2.05) is 17.1 Å². The second-order valence-electron chi connectivity index (χ2n) is 7.52. The SMILES string of the molecule is NCCc1cn(OP(N)(=O)OC[C@@H]2O[C@H](n3ccc(=O)[nH]c3=O)C(O)C2O)c2ccccc12. The Balaban J connectivity index is 1.46. The van der Waals surface area contributed by atoms with E-state index in [-0.39, 0.29) is 0 Å². The van der Waals surface area contributed by atoms with Crippen LogP contribution in [0.4, 0.5) is 0 Å². The Morgan fingerprint density at radius 2 is 1.94 bits per heavy atom. The fraction of sp³-hybridized carbons (Fsp3) is 0.368. The molecule has 3 heterocycles. The number of hydrogen-bond acceptors (Lipinski definition) is 9. The lowest BCUT2D eigenvalue weighted by Crippen LogP contribution is -2.37. The lowest BCUT2D eigenvalue weighted by atomic mass is 10.1. The second-order valence-corrected chi connectivity index (χ2v) is 9.02. The van der Waals surface area contributed by atoms with Gasteiger partial charge in [-0.3, -0.25) is 18.9 Å². The summed E-state index contributed by atoms with van der Waals surface area (Å²) in [4.78, 5) is 25.2. The number of benzene rings is 1. The second kappa shape index (κ2) is 9.23. The fourth-order valence-corrected chi connectivity index (χ4v) is 4.47.